The normalized spacial score (nSPS) is 12.3. The van der Waals surface area contributed by atoms with Gasteiger partial charge in [0.1, 0.15) is 6.33 Å². The van der Waals surface area contributed by atoms with Gasteiger partial charge in [0.05, 0.1) is 6.04 Å². The Balaban J connectivity index is 1.97. The molecule has 1 unspecified atom stereocenters. The van der Waals surface area contributed by atoms with Crippen LogP contribution in [0.25, 0.3) is 0 Å². The van der Waals surface area contributed by atoms with E-state index in [0.717, 1.165) is 11.3 Å². The molecule has 0 saturated heterocycles. The van der Waals surface area contributed by atoms with Gasteiger partial charge in [0, 0.05) is 28.6 Å². The van der Waals surface area contributed by atoms with Gasteiger partial charge in [-0.25, -0.2) is 9.97 Å². The molecule has 2 aromatic rings. The number of rotatable bonds is 5. The summed E-state index contributed by atoms with van der Waals surface area (Å²) in [6.07, 6.45) is 5.08. The number of hydrogen-bond acceptors (Lipinski definition) is 5. The lowest BCUT2D eigenvalue weighted by Gasteiger charge is -2.14. The second kappa shape index (κ2) is 6.34. The quantitative estimate of drug-likeness (QED) is 0.478. The molecule has 0 saturated carbocycles. The number of nitrogens with zero attached hydrogens (tertiary/aromatic N) is 2. The fourth-order valence-corrected chi connectivity index (χ4v) is 2.42. The van der Waals surface area contributed by atoms with Crippen LogP contribution in [0, 0.1) is 0 Å². The van der Waals surface area contributed by atoms with E-state index in [0.29, 0.717) is 0 Å². The second-order valence-electron chi connectivity index (χ2n) is 3.52. The molecule has 0 radical (unpaired) electrons. The third-order valence-corrected chi connectivity index (χ3v) is 3.45. The minimum absolute atomic E-state index is 0.0569. The predicted octanol–water partition coefficient (Wildman–Crippen LogP) is 1.77. The van der Waals surface area contributed by atoms with Crippen LogP contribution in [0.15, 0.2) is 53.9 Å². The first kappa shape index (κ1) is 12.0. The van der Waals surface area contributed by atoms with Crippen LogP contribution in [-0.4, -0.2) is 15.7 Å². The van der Waals surface area contributed by atoms with E-state index in [1.54, 1.807) is 24.2 Å². The molecule has 17 heavy (non-hydrogen) atoms. The first-order chi connectivity index (χ1) is 8.40. The summed E-state index contributed by atoms with van der Waals surface area (Å²) in [5, 5.41) is 0. The van der Waals surface area contributed by atoms with Crippen molar-refractivity contribution in [3.8, 4) is 0 Å². The first-order valence-electron chi connectivity index (χ1n) is 5.29. The van der Waals surface area contributed by atoms with Crippen molar-refractivity contribution < 1.29 is 0 Å². The molecule has 1 aromatic heterocycles. The largest absolute Gasteiger partial charge is 0.271 e. The summed E-state index contributed by atoms with van der Waals surface area (Å²) in [5.41, 5.74) is 3.79. The Hall–Kier alpha value is -1.43. The number of hydrazine groups is 1. The van der Waals surface area contributed by atoms with E-state index < -0.39 is 0 Å². The van der Waals surface area contributed by atoms with Crippen molar-refractivity contribution in [2.45, 2.75) is 10.9 Å². The van der Waals surface area contributed by atoms with E-state index in [4.69, 9.17) is 5.84 Å². The molecule has 0 amide bonds. The minimum Gasteiger partial charge on any atom is -0.271 e. The minimum atomic E-state index is 0.0569. The summed E-state index contributed by atoms with van der Waals surface area (Å²) in [6, 6.07) is 10.3. The topological polar surface area (TPSA) is 63.8 Å². The molecule has 5 heteroatoms. The Morgan fingerprint density at radius 2 is 1.88 bits per heavy atom. The van der Waals surface area contributed by atoms with Crippen LogP contribution >= 0.6 is 11.8 Å². The van der Waals surface area contributed by atoms with Crippen molar-refractivity contribution in [2.75, 3.05) is 5.75 Å². The van der Waals surface area contributed by atoms with Gasteiger partial charge >= 0.3 is 0 Å². The van der Waals surface area contributed by atoms with E-state index in [1.165, 1.54) is 11.2 Å². The first-order valence-corrected chi connectivity index (χ1v) is 6.27. The highest BCUT2D eigenvalue weighted by Crippen LogP contribution is 2.23. The van der Waals surface area contributed by atoms with Crippen LogP contribution in [0.1, 0.15) is 11.6 Å². The number of nitrogens with two attached hydrogens (primary N) is 1. The van der Waals surface area contributed by atoms with Gasteiger partial charge < -0.3 is 0 Å². The number of aromatic nitrogens is 2. The van der Waals surface area contributed by atoms with Gasteiger partial charge in [-0.05, 0) is 12.1 Å². The molecule has 4 nitrogen and oxygen atoms in total. The van der Waals surface area contributed by atoms with Gasteiger partial charge in [-0.1, -0.05) is 18.2 Å². The van der Waals surface area contributed by atoms with Crippen LogP contribution in [0.3, 0.4) is 0 Å². The maximum absolute atomic E-state index is 5.55. The maximum Gasteiger partial charge on any atom is 0.115 e. The van der Waals surface area contributed by atoms with Gasteiger partial charge in [0.2, 0.25) is 0 Å². The zero-order valence-electron chi connectivity index (χ0n) is 9.28. The molecule has 0 fully saturated rings. The number of benzene rings is 1. The molecule has 1 heterocycles. The molecule has 1 aromatic carbocycles. The summed E-state index contributed by atoms with van der Waals surface area (Å²) in [6.45, 7) is 0. The highest BCUT2D eigenvalue weighted by Gasteiger charge is 2.10. The Morgan fingerprint density at radius 1 is 1.18 bits per heavy atom. The SMILES string of the molecule is NNC(CSc1ccccc1)c1cncnc1. The summed E-state index contributed by atoms with van der Waals surface area (Å²) in [5.74, 6) is 6.39. The van der Waals surface area contributed by atoms with E-state index in [-0.39, 0.29) is 6.04 Å². The average Bonchev–Trinajstić information content (AvgIpc) is 2.42. The van der Waals surface area contributed by atoms with E-state index in [2.05, 4.69) is 27.5 Å². The molecule has 2 rings (SSSR count). The van der Waals surface area contributed by atoms with Crippen molar-refractivity contribution >= 4 is 11.8 Å². The molecule has 3 N–H and O–H groups in total. The van der Waals surface area contributed by atoms with Gasteiger partial charge in [0.15, 0.2) is 0 Å². The second-order valence-corrected chi connectivity index (χ2v) is 4.61. The van der Waals surface area contributed by atoms with Gasteiger partial charge in [0.25, 0.3) is 0 Å². The zero-order chi connectivity index (χ0) is 11.9. The van der Waals surface area contributed by atoms with E-state index in [9.17, 15) is 0 Å². The molecular formula is C12H14N4S. The fraction of sp³-hybridized carbons (Fsp3) is 0.167. The summed E-state index contributed by atoms with van der Waals surface area (Å²) in [7, 11) is 0. The van der Waals surface area contributed by atoms with Crippen LogP contribution in [0.2, 0.25) is 0 Å². The Bertz CT molecular complexity index is 435. The van der Waals surface area contributed by atoms with E-state index >= 15 is 0 Å². The number of hydrogen-bond donors (Lipinski definition) is 2. The van der Waals surface area contributed by atoms with Crippen LogP contribution in [0.5, 0.6) is 0 Å². The highest BCUT2D eigenvalue weighted by atomic mass is 32.2. The molecule has 0 spiro atoms. The van der Waals surface area contributed by atoms with Crippen molar-refractivity contribution in [1.29, 1.82) is 0 Å². The van der Waals surface area contributed by atoms with Crippen molar-refractivity contribution in [1.82, 2.24) is 15.4 Å². The molecule has 0 aliphatic carbocycles. The molecule has 0 bridgehead atoms. The maximum atomic E-state index is 5.55. The molecule has 1 atom stereocenters. The third kappa shape index (κ3) is 3.52. The van der Waals surface area contributed by atoms with E-state index in [1.807, 2.05) is 18.2 Å². The van der Waals surface area contributed by atoms with Gasteiger partial charge in [-0.3, -0.25) is 11.3 Å². The van der Waals surface area contributed by atoms with Crippen molar-refractivity contribution in [3.05, 3.63) is 54.6 Å². The fourth-order valence-electron chi connectivity index (χ4n) is 1.43. The number of thioether (sulfide) groups is 1. The smallest absolute Gasteiger partial charge is 0.115 e. The van der Waals surface area contributed by atoms with Gasteiger partial charge in [-0.2, -0.15) is 0 Å². The summed E-state index contributed by atoms with van der Waals surface area (Å²) >= 11 is 1.75. The molecule has 88 valence electrons. The number of nitrogens with one attached hydrogen (secondary N) is 1. The Kier molecular flexibility index (Phi) is 4.49. The monoisotopic (exact) mass is 246 g/mol. The molecule has 0 aliphatic rings. The predicted molar refractivity (Wildman–Crippen MR) is 69.3 cm³/mol. The van der Waals surface area contributed by atoms with Gasteiger partial charge in [-0.15, -0.1) is 11.8 Å². The van der Waals surface area contributed by atoms with Crippen LogP contribution in [0.4, 0.5) is 0 Å². The van der Waals surface area contributed by atoms with Crippen molar-refractivity contribution in [3.63, 3.8) is 0 Å². The molecular weight excluding hydrogens is 232 g/mol. The zero-order valence-corrected chi connectivity index (χ0v) is 10.1. The Morgan fingerprint density at radius 3 is 2.53 bits per heavy atom. The van der Waals surface area contributed by atoms with Crippen molar-refractivity contribution in [2.24, 2.45) is 5.84 Å². The average molecular weight is 246 g/mol. The van der Waals surface area contributed by atoms with Crippen LogP contribution < -0.4 is 11.3 Å². The lowest BCUT2D eigenvalue weighted by atomic mass is 10.2. The summed E-state index contributed by atoms with van der Waals surface area (Å²) in [4.78, 5) is 9.21. The lowest BCUT2D eigenvalue weighted by Crippen LogP contribution is -2.29. The van der Waals surface area contributed by atoms with Crippen LogP contribution in [-0.2, 0) is 0 Å². The standard InChI is InChI=1S/C12H14N4S/c13-16-12(10-6-14-9-15-7-10)8-17-11-4-2-1-3-5-11/h1-7,9,12,16H,8,13H2. The third-order valence-electron chi connectivity index (χ3n) is 2.34. The molecule has 0 aliphatic heterocycles. The summed E-state index contributed by atoms with van der Waals surface area (Å²) < 4.78 is 0. The highest BCUT2D eigenvalue weighted by molar-refractivity contribution is 7.99. The lowest BCUT2D eigenvalue weighted by molar-refractivity contribution is 0.606. The Labute approximate surface area is 105 Å².